The van der Waals surface area contributed by atoms with E-state index in [0.29, 0.717) is 0 Å². The molecule has 82 valence electrons. The number of aliphatic carboxylic acids is 1. The molecule has 0 radical (unpaired) electrons. The number of carboxylic acid groups (broad SMARTS) is 1. The molecule has 0 saturated carbocycles. The molecular formula is C4H8N2O6S2. The van der Waals surface area contributed by atoms with Crippen molar-refractivity contribution in [1.82, 2.24) is 0 Å². The topological polar surface area (TPSA) is 150 Å². The van der Waals surface area contributed by atoms with Gasteiger partial charge in [0.2, 0.25) is 0 Å². The van der Waals surface area contributed by atoms with Gasteiger partial charge in [-0.25, -0.2) is 4.79 Å². The minimum absolute atomic E-state index is 0.979. The molecule has 14 heavy (non-hydrogen) atoms. The van der Waals surface area contributed by atoms with Gasteiger partial charge in [-0.1, -0.05) is 11.8 Å². The Morgan fingerprint density at radius 1 is 1.43 bits per heavy atom. The molecule has 0 unspecified atom stereocenters. The molecule has 0 aromatic heterocycles. The third kappa shape index (κ3) is 44.5. The second kappa shape index (κ2) is 8.50. The molecule has 0 spiro atoms. The molecule has 0 heterocycles. The van der Waals surface area contributed by atoms with Gasteiger partial charge in [0.15, 0.2) is 0 Å². The predicted molar refractivity (Wildman–Crippen MR) is 51.2 cm³/mol. The average molecular weight is 244 g/mol. The van der Waals surface area contributed by atoms with E-state index in [-0.39, 0.29) is 0 Å². The van der Waals surface area contributed by atoms with Crippen molar-refractivity contribution in [3.05, 3.63) is 11.5 Å². The Morgan fingerprint density at radius 2 is 1.86 bits per heavy atom. The van der Waals surface area contributed by atoms with Gasteiger partial charge in [0, 0.05) is 6.08 Å². The highest BCUT2D eigenvalue weighted by molar-refractivity contribution is 8.14. The van der Waals surface area contributed by atoms with Gasteiger partial charge in [0.1, 0.15) is 0 Å². The molecule has 8 nitrogen and oxygen atoms in total. The summed E-state index contributed by atoms with van der Waals surface area (Å²) in [5, 5.41) is 12.5. The molecule has 5 N–H and O–H groups in total. The van der Waals surface area contributed by atoms with Gasteiger partial charge in [-0.15, -0.1) is 0 Å². The summed E-state index contributed by atoms with van der Waals surface area (Å²) in [5.74, 6) is 3.73. The number of hydrogen-bond donors (Lipinski definition) is 4. The molecule has 0 aliphatic heterocycles. The molecule has 0 amide bonds. The maximum atomic E-state index is 9.79. The van der Waals surface area contributed by atoms with Crippen molar-refractivity contribution in [2.45, 2.75) is 0 Å². The van der Waals surface area contributed by atoms with Crippen LogP contribution >= 0.6 is 11.8 Å². The van der Waals surface area contributed by atoms with Crippen molar-refractivity contribution in [3.8, 4) is 0 Å². The SMILES string of the molecule is NN=CS/C=C\C(=O)O.O=S(=O)(O)O. The zero-order valence-electron chi connectivity index (χ0n) is 6.64. The van der Waals surface area contributed by atoms with Crippen LogP contribution in [0.15, 0.2) is 16.6 Å². The summed E-state index contributed by atoms with van der Waals surface area (Å²) in [6.45, 7) is 0. The molecule has 0 rings (SSSR count). The van der Waals surface area contributed by atoms with E-state index >= 15 is 0 Å². The number of hydrogen-bond acceptors (Lipinski definition) is 6. The third-order valence-electron chi connectivity index (χ3n) is 0.411. The van der Waals surface area contributed by atoms with E-state index in [1.54, 1.807) is 0 Å². The van der Waals surface area contributed by atoms with Crippen LogP contribution in [0, 0.1) is 0 Å². The predicted octanol–water partition coefficient (Wildman–Crippen LogP) is -0.433. The van der Waals surface area contributed by atoms with Crippen LogP contribution in [0.1, 0.15) is 0 Å². The summed E-state index contributed by atoms with van der Waals surface area (Å²) in [5.41, 5.74) is 1.33. The first kappa shape index (κ1) is 15.4. The van der Waals surface area contributed by atoms with Crippen LogP contribution in [-0.4, -0.2) is 34.1 Å². The minimum atomic E-state index is -4.67. The van der Waals surface area contributed by atoms with Gasteiger partial charge < -0.3 is 10.9 Å². The summed E-state index contributed by atoms with van der Waals surface area (Å²) < 4.78 is 31.6. The Kier molecular flexibility index (Phi) is 9.33. The van der Waals surface area contributed by atoms with E-state index in [9.17, 15) is 4.79 Å². The summed E-state index contributed by atoms with van der Waals surface area (Å²) in [4.78, 5) is 9.79. The van der Waals surface area contributed by atoms with Crippen LogP contribution in [-0.2, 0) is 15.2 Å². The van der Waals surface area contributed by atoms with Gasteiger partial charge in [0.05, 0.1) is 5.55 Å². The maximum absolute atomic E-state index is 9.79. The highest BCUT2D eigenvalue weighted by Crippen LogP contribution is 1.94. The molecular weight excluding hydrogens is 236 g/mol. The highest BCUT2D eigenvalue weighted by atomic mass is 32.3. The average Bonchev–Trinajstić information content (AvgIpc) is 1.94. The fraction of sp³-hybridized carbons (Fsp3) is 0. The zero-order chi connectivity index (χ0) is 11.6. The summed E-state index contributed by atoms with van der Waals surface area (Å²) >= 11 is 1.10. The summed E-state index contributed by atoms with van der Waals surface area (Å²) in [6.07, 6.45) is 1.01. The van der Waals surface area contributed by atoms with Gasteiger partial charge in [-0.2, -0.15) is 13.5 Å². The van der Waals surface area contributed by atoms with Gasteiger partial charge >= 0.3 is 16.4 Å². The van der Waals surface area contributed by atoms with Crippen molar-refractivity contribution in [2.75, 3.05) is 0 Å². The van der Waals surface area contributed by atoms with Crippen LogP contribution in [0.5, 0.6) is 0 Å². The van der Waals surface area contributed by atoms with E-state index in [4.69, 9.17) is 28.5 Å². The van der Waals surface area contributed by atoms with Crippen molar-refractivity contribution in [2.24, 2.45) is 10.9 Å². The van der Waals surface area contributed by atoms with E-state index < -0.39 is 16.4 Å². The fourth-order valence-electron chi connectivity index (χ4n) is 0.168. The Bertz CT molecular complexity index is 300. The van der Waals surface area contributed by atoms with Crippen molar-refractivity contribution in [1.29, 1.82) is 0 Å². The molecule has 0 saturated heterocycles. The first-order chi connectivity index (χ1) is 6.27. The van der Waals surface area contributed by atoms with Crippen LogP contribution in [0.25, 0.3) is 0 Å². The van der Waals surface area contributed by atoms with Gasteiger partial charge in [-0.3, -0.25) is 9.11 Å². The van der Waals surface area contributed by atoms with Crippen molar-refractivity contribution < 1.29 is 27.4 Å². The van der Waals surface area contributed by atoms with E-state index in [2.05, 4.69) is 5.10 Å². The Morgan fingerprint density at radius 3 is 2.14 bits per heavy atom. The number of nitrogens with two attached hydrogens (primary N) is 1. The maximum Gasteiger partial charge on any atom is 0.394 e. The van der Waals surface area contributed by atoms with Gasteiger partial charge in [0.25, 0.3) is 0 Å². The third-order valence-corrected chi connectivity index (χ3v) is 0.948. The van der Waals surface area contributed by atoms with Crippen LogP contribution in [0.3, 0.4) is 0 Å². The molecule has 0 bridgehead atoms. The van der Waals surface area contributed by atoms with Crippen LogP contribution < -0.4 is 5.84 Å². The molecule has 0 aromatic rings. The molecule has 0 aromatic carbocycles. The summed E-state index contributed by atoms with van der Waals surface area (Å²) in [6, 6.07) is 0. The van der Waals surface area contributed by atoms with E-state index in [0.717, 1.165) is 17.8 Å². The lowest BCUT2D eigenvalue weighted by molar-refractivity contribution is -0.131. The largest absolute Gasteiger partial charge is 0.478 e. The normalized spacial score (nSPS) is 11.3. The van der Waals surface area contributed by atoms with Gasteiger partial charge in [-0.05, 0) is 5.41 Å². The first-order valence-electron chi connectivity index (χ1n) is 2.74. The Hall–Kier alpha value is -1.10. The van der Waals surface area contributed by atoms with Crippen LogP contribution in [0.2, 0.25) is 0 Å². The second-order valence-electron chi connectivity index (χ2n) is 1.48. The fourth-order valence-corrected chi connectivity index (χ4v) is 0.503. The first-order valence-corrected chi connectivity index (χ1v) is 5.08. The van der Waals surface area contributed by atoms with Crippen molar-refractivity contribution in [3.63, 3.8) is 0 Å². The number of carbonyl (C=O) groups is 1. The minimum Gasteiger partial charge on any atom is -0.478 e. The number of thioether (sulfide) groups is 1. The van der Waals surface area contributed by atoms with Crippen molar-refractivity contribution >= 4 is 33.7 Å². The monoisotopic (exact) mass is 244 g/mol. The lowest BCUT2D eigenvalue weighted by Crippen LogP contribution is -1.89. The number of carboxylic acids is 1. The molecule has 0 fully saturated rings. The lowest BCUT2D eigenvalue weighted by atomic mass is 10.7. The number of nitrogens with zero attached hydrogens (tertiary/aromatic N) is 1. The molecule has 0 atom stereocenters. The molecule has 10 heteroatoms. The van der Waals surface area contributed by atoms with Crippen LogP contribution in [0.4, 0.5) is 0 Å². The standard InChI is InChI=1S/C4H6N2O2S.H2O4S/c5-6-3-9-2-1-4(7)8;1-5(2,3)4/h1-3H,5H2,(H,7,8);(H2,1,2,3,4)/b2-1-,6-3?;. The second-order valence-corrected chi connectivity index (χ2v) is 3.13. The van der Waals surface area contributed by atoms with E-state index in [1.165, 1.54) is 11.0 Å². The highest BCUT2D eigenvalue weighted by Gasteiger charge is 1.84. The Balaban J connectivity index is 0. The zero-order valence-corrected chi connectivity index (χ0v) is 8.27. The number of rotatable bonds is 3. The van der Waals surface area contributed by atoms with E-state index in [1.807, 2.05) is 0 Å². The quantitative estimate of drug-likeness (QED) is 0.130. The summed E-state index contributed by atoms with van der Waals surface area (Å²) in [7, 11) is -4.67. The Labute approximate surface area is 84.1 Å². The smallest absolute Gasteiger partial charge is 0.394 e. The lowest BCUT2D eigenvalue weighted by Gasteiger charge is -1.76. The number of hydrazone groups is 1. The molecule has 0 aliphatic rings. The molecule has 0 aliphatic carbocycles.